The summed E-state index contributed by atoms with van der Waals surface area (Å²) in [6.07, 6.45) is -0.736. The maximum atomic E-state index is 12.0. The number of aliphatic carboxylic acids is 1. The van der Waals surface area contributed by atoms with Gasteiger partial charge in [0, 0.05) is 6.42 Å². The molecule has 0 saturated heterocycles. The van der Waals surface area contributed by atoms with Gasteiger partial charge >= 0.3 is 12.1 Å². The standard InChI is InChI=1S/C22H25NO7/c1-22(2,3)30-21(26)23-16(20(24)25)11-15-6-4-5-7-17(15)27-12-14-8-9-18-19(10-14)29-13-28-18/h4-10,16H,11-13H2,1-3H3,(H,23,26)(H,24,25). The summed E-state index contributed by atoms with van der Waals surface area (Å²) >= 11 is 0. The molecule has 2 aromatic carbocycles. The first-order valence-electron chi connectivity index (χ1n) is 9.53. The highest BCUT2D eigenvalue weighted by Gasteiger charge is 2.25. The SMILES string of the molecule is CC(C)(C)OC(=O)NC(Cc1ccccc1OCc1ccc2c(c1)OCO2)C(=O)O. The summed E-state index contributed by atoms with van der Waals surface area (Å²) in [4.78, 5) is 23.7. The molecule has 2 N–H and O–H groups in total. The Bertz CT molecular complexity index is 920. The summed E-state index contributed by atoms with van der Waals surface area (Å²) in [5.41, 5.74) is 0.816. The predicted molar refractivity (Wildman–Crippen MR) is 108 cm³/mol. The molecule has 1 unspecified atom stereocenters. The van der Waals surface area contributed by atoms with Crippen molar-refractivity contribution in [2.75, 3.05) is 6.79 Å². The number of carboxylic acid groups (broad SMARTS) is 1. The first-order chi connectivity index (χ1) is 14.2. The van der Waals surface area contributed by atoms with Gasteiger partial charge in [-0.15, -0.1) is 0 Å². The molecule has 1 aliphatic heterocycles. The zero-order valence-electron chi connectivity index (χ0n) is 17.1. The summed E-state index contributed by atoms with van der Waals surface area (Å²) in [5.74, 6) is 0.729. The summed E-state index contributed by atoms with van der Waals surface area (Å²) in [6.45, 7) is 5.60. The number of para-hydroxylation sites is 1. The van der Waals surface area contributed by atoms with Crippen molar-refractivity contribution >= 4 is 12.1 Å². The van der Waals surface area contributed by atoms with Crippen LogP contribution in [0.25, 0.3) is 0 Å². The van der Waals surface area contributed by atoms with Crippen LogP contribution in [0.2, 0.25) is 0 Å². The number of fused-ring (bicyclic) bond motifs is 1. The molecule has 0 bridgehead atoms. The Balaban J connectivity index is 1.67. The molecule has 1 heterocycles. The van der Waals surface area contributed by atoms with E-state index in [2.05, 4.69) is 5.32 Å². The van der Waals surface area contributed by atoms with Crippen LogP contribution in [0.5, 0.6) is 17.2 Å². The van der Waals surface area contributed by atoms with Gasteiger partial charge in [-0.2, -0.15) is 0 Å². The van der Waals surface area contributed by atoms with E-state index in [9.17, 15) is 14.7 Å². The number of nitrogens with one attached hydrogen (secondary N) is 1. The molecule has 0 spiro atoms. The summed E-state index contributed by atoms with van der Waals surface area (Å²) < 4.78 is 21.7. The molecule has 1 atom stereocenters. The van der Waals surface area contributed by atoms with E-state index in [4.69, 9.17) is 18.9 Å². The van der Waals surface area contributed by atoms with Gasteiger partial charge in [0.2, 0.25) is 6.79 Å². The second kappa shape index (κ2) is 8.94. The number of alkyl carbamates (subject to hydrolysis) is 1. The zero-order valence-corrected chi connectivity index (χ0v) is 17.1. The van der Waals surface area contributed by atoms with Crippen molar-refractivity contribution in [3.05, 3.63) is 53.6 Å². The average molecular weight is 415 g/mol. The van der Waals surface area contributed by atoms with Crippen molar-refractivity contribution in [2.24, 2.45) is 0 Å². The molecule has 2 aromatic rings. The molecular formula is C22H25NO7. The second-order valence-corrected chi connectivity index (χ2v) is 7.83. The van der Waals surface area contributed by atoms with Crippen LogP contribution in [-0.2, 0) is 22.6 Å². The topological polar surface area (TPSA) is 103 Å². The Hall–Kier alpha value is -3.42. The third-order valence-electron chi connectivity index (χ3n) is 4.22. The Morgan fingerprint density at radius 1 is 1.13 bits per heavy atom. The van der Waals surface area contributed by atoms with E-state index in [1.807, 2.05) is 18.2 Å². The molecule has 0 aliphatic carbocycles. The number of amides is 1. The molecule has 0 saturated carbocycles. The predicted octanol–water partition coefficient (Wildman–Crippen LogP) is 3.51. The highest BCUT2D eigenvalue weighted by molar-refractivity contribution is 5.80. The van der Waals surface area contributed by atoms with Gasteiger partial charge < -0.3 is 29.4 Å². The maximum Gasteiger partial charge on any atom is 0.408 e. The molecular weight excluding hydrogens is 390 g/mol. The number of ether oxygens (including phenoxy) is 4. The lowest BCUT2D eigenvalue weighted by Crippen LogP contribution is -2.44. The van der Waals surface area contributed by atoms with Gasteiger partial charge in [-0.25, -0.2) is 9.59 Å². The van der Waals surface area contributed by atoms with Crippen molar-refractivity contribution in [1.82, 2.24) is 5.32 Å². The van der Waals surface area contributed by atoms with E-state index in [1.54, 1.807) is 45.0 Å². The van der Waals surface area contributed by atoms with Crippen molar-refractivity contribution in [1.29, 1.82) is 0 Å². The van der Waals surface area contributed by atoms with Crippen LogP contribution in [0, 0.1) is 0 Å². The lowest BCUT2D eigenvalue weighted by atomic mass is 10.0. The van der Waals surface area contributed by atoms with Gasteiger partial charge in [0.1, 0.15) is 24.0 Å². The van der Waals surface area contributed by atoms with Gasteiger partial charge in [-0.3, -0.25) is 0 Å². The fourth-order valence-electron chi connectivity index (χ4n) is 2.87. The zero-order chi connectivity index (χ0) is 21.7. The summed E-state index contributed by atoms with van der Waals surface area (Å²) in [7, 11) is 0. The second-order valence-electron chi connectivity index (χ2n) is 7.83. The third kappa shape index (κ3) is 5.79. The normalized spacial score (nSPS) is 13.4. The van der Waals surface area contributed by atoms with Crippen molar-refractivity contribution in [2.45, 2.75) is 45.4 Å². The number of benzene rings is 2. The number of hydrogen-bond donors (Lipinski definition) is 2. The molecule has 1 amide bonds. The molecule has 30 heavy (non-hydrogen) atoms. The van der Waals surface area contributed by atoms with Gasteiger partial charge in [-0.1, -0.05) is 24.3 Å². The highest BCUT2D eigenvalue weighted by Crippen LogP contribution is 2.33. The Labute approximate surface area is 174 Å². The molecule has 8 nitrogen and oxygen atoms in total. The van der Waals surface area contributed by atoms with Crippen LogP contribution in [0.1, 0.15) is 31.9 Å². The minimum absolute atomic E-state index is 0.0475. The molecule has 0 radical (unpaired) electrons. The van der Waals surface area contributed by atoms with Crippen LogP contribution in [0.4, 0.5) is 4.79 Å². The van der Waals surface area contributed by atoms with Gasteiger partial charge in [0.15, 0.2) is 11.5 Å². The smallest absolute Gasteiger partial charge is 0.408 e. The Kier molecular flexibility index (Phi) is 6.34. The first kappa shape index (κ1) is 21.3. The van der Waals surface area contributed by atoms with E-state index in [1.165, 1.54) is 0 Å². The quantitative estimate of drug-likeness (QED) is 0.713. The van der Waals surface area contributed by atoms with E-state index < -0.39 is 23.7 Å². The van der Waals surface area contributed by atoms with Crippen LogP contribution < -0.4 is 19.5 Å². The molecule has 0 aromatic heterocycles. The molecule has 1 aliphatic rings. The van der Waals surface area contributed by atoms with E-state index in [-0.39, 0.29) is 19.8 Å². The van der Waals surface area contributed by atoms with Gasteiger partial charge in [0.05, 0.1) is 0 Å². The molecule has 160 valence electrons. The van der Waals surface area contributed by atoms with E-state index in [0.29, 0.717) is 22.8 Å². The maximum absolute atomic E-state index is 12.0. The molecule has 3 rings (SSSR count). The van der Waals surface area contributed by atoms with Crippen molar-refractivity contribution in [3.8, 4) is 17.2 Å². The number of rotatable bonds is 7. The van der Waals surface area contributed by atoms with Gasteiger partial charge in [-0.05, 0) is 50.1 Å². The molecule has 0 fully saturated rings. The van der Waals surface area contributed by atoms with Crippen LogP contribution in [0.3, 0.4) is 0 Å². The number of carbonyl (C=O) groups is 2. The minimum atomic E-state index is -1.16. The number of hydrogen-bond acceptors (Lipinski definition) is 6. The Morgan fingerprint density at radius 3 is 2.60 bits per heavy atom. The van der Waals surface area contributed by atoms with Crippen LogP contribution in [-0.4, -0.2) is 35.6 Å². The lowest BCUT2D eigenvalue weighted by molar-refractivity contribution is -0.139. The monoisotopic (exact) mass is 415 g/mol. The Morgan fingerprint density at radius 2 is 1.87 bits per heavy atom. The van der Waals surface area contributed by atoms with Gasteiger partial charge in [0.25, 0.3) is 0 Å². The van der Waals surface area contributed by atoms with Crippen LogP contribution in [0.15, 0.2) is 42.5 Å². The molecule has 8 heteroatoms. The number of carbonyl (C=O) groups excluding carboxylic acids is 1. The van der Waals surface area contributed by atoms with E-state index in [0.717, 1.165) is 5.56 Å². The van der Waals surface area contributed by atoms with Crippen molar-refractivity contribution < 1.29 is 33.6 Å². The fourth-order valence-corrected chi connectivity index (χ4v) is 2.87. The summed E-state index contributed by atoms with van der Waals surface area (Å²) in [5, 5.41) is 11.9. The fraction of sp³-hybridized carbons (Fsp3) is 0.364. The average Bonchev–Trinajstić information content (AvgIpc) is 3.13. The minimum Gasteiger partial charge on any atom is -0.489 e. The summed E-state index contributed by atoms with van der Waals surface area (Å²) in [6, 6.07) is 11.5. The van der Waals surface area contributed by atoms with Crippen molar-refractivity contribution in [3.63, 3.8) is 0 Å². The largest absolute Gasteiger partial charge is 0.489 e. The number of carboxylic acids is 1. The van der Waals surface area contributed by atoms with Crippen LogP contribution >= 0.6 is 0 Å². The lowest BCUT2D eigenvalue weighted by Gasteiger charge is -2.22. The highest BCUT2D eigenvalue weighted by atomic mass is 16.7. The first-order valence-corrected chi connectivity index (χ1v) is 9.53. The van der Waals surface area contributed by atoms with E-state index >= 15 is 0 Å². The third-order valence-corrected chi connectivity index (χ3v) is 4.22.